The van der Waals surface area contributed by atoms with Gasteiger partial charge < -0.3 is 35.6 Å². The lowest BCUT2D eigenvalue weighted by Crippen LogP contribution is -2.71. The van der Waals surface area contributed by atoms with Crippen molar-refractivity contribution in [2.45, 2.75) is 132 Å². The number of likely N-dealkylation sites (tertiary alicyclic amines) is 1. The van der Waals surface area contributed by atoms with Crippen LogP contribution in [-0.4, -0.2) is 110 Å². The minimum absolute atomic E-state index is 0.273. The molecule has 0 unspecified atom stereocenters. The van der Waals surface area contributed by atoms with Gasteiger partial charge in [-0.25, -0.2) is 0 Å². The fourth-order valence-electron chi connectivity index (χ4n) is 5.75. The minimum atomic E-state index is -1.62. The predicted molar refractivity (Wildman–Crippen MR) is 142 cm³/mol. The summed E-state index contributed by atoms with van der Waals surface area (Å²) in [5.41, 5.74) is 0. The lowest BCUT2D eigenvalue weighted by atomic mass is 9.86. The molecule has 36 heavy (non-hydrogen) atoms. The number of carbonyl (C=O) groups is 1. The van der Waals surface area contributed by atoms with E-state index in [9.17, 15) is 30.3 Å². The molecule has 2 rings (SSSR count). The Balaban J connectivity index is 2.20. The van der Waals surface area contributed by atoms with Crippen LogP contribution in [0.1, 0.15) is 78.6 Å². The highest BCUT2D eigenvalue weighted by molar-refractivity contribution is 7.99. The van der Waals surface area contributed by atoms with Gasteiger partial charge in [0.25, 0.3) is 0 Å². The van der Waals surface area contributed by atoms with Crippen molar-refractivity contribution in [3.63, 3.8) is 0 Å². The molecule has 1 amide bonds. The number of thioether (sulfide) groups is 1. The number of likely N-dealkylation sites (N-methyl/N-ethyl adjacent to an activating group) is 1. The molecule has 9 nitrogen and oxygen atoms in total. The Kier molecular flexibility index (Phi) is 12.9. The summed E-state index contributed by atoms with van der Waals surface area (Å²) in [7, 11) is 1.90. The maximum absolute atomic E-state index is 13.2. The number of unbranched alkanes of at least 4 members (excludes halogenated alkanes) is 4. The molecule has 2 aliphatic rings. The zero-order chi connectivity index (χ0) is 27.0. The number of amides is 1. The third-order valence-electron chi connectivity index (χ3n) is 7.92. The molecule has 0 aromatic carbocycles. The number of nitrogens with one attached hydrogen (secondary N) is 1. The van der Waals surface area contributed by atoms with Gasteiger partial charge in [0.05, 0.1) is 24.3 Å². The van der Waals surface area contributed by atoms with Gasteiger partial charge in [-0.15, -0.1) is 11.8 Å². The van der Waals surface area contributed by atoms with E-state index in [1.165, 1.54) is 6.92 Å². The molecular formula is C26H50N2O7S. The molecule has 6 N–H and O–H groups in total. The average molecular weight is 535 g/mol. The number of aliphatic hydroxyl groups excluding tert-OH is 5. The summed E-state index contributed by atoms with van der Waals surface area (Å²) in [6, 6.07) is -1.41. The summed E-state index contributed by atoms with van der Waals surface area (Å²) in [5.74, 6) is 0.149. The third-order valence-corrected chi connectivity index (χ3v) is 9.17. The largest absolute Gasteiger partial charge is 0.391 e. The van der Waals surface area contributed by atoms with Crippen LogP contribution < -0.4 is 5.32 Å². The van der Waals surface area contributed by atoms with Crippen LogP contribution in [0.3, 0.4) is 0 Å². The highest BCUT2D eigenvalue weighted by Gasteiger charge is 2.58. The second-order valence-electron chi connectivity index (χ2n) is 10.8. The molecule has 0 spiro atoms. The van der Waals surface area contributed by atoms with E-state index in [0.29, 0.717) is 18.8 Å². The normalized spacial score (nSPS) is 35.9. The lowest BCUT2D eigenvalue weighted by molar-refractivity contribution is -0.267. The Morgan fingerprint density at radius 2 is 1.78 bits per heavy atom. The van der Waals surface area contributed by atoms with Crippen molar-refractivity contribution in [1.29, 1.82) is 0 Å². The number of ether oxygens (including phenoxy) is 1. The minimum Gasteiger partial charge on any atom is -0.391 e. The van der Waals surface area contributed by atoms with Crippen molar-refractivity contribution >= 4 is 17.7 Å². The van der Waals surface area contributed by atoms with Gasteiger partial charge >= 0.3 is 0 Å². The fraction of sp³-hybridized carbons (Fsp3) is 0.962. The van der Waals surface area contributed by atoms with Crippen molar-refractivity contribution in [2.75, 3.05) is 19.8 Å². The lowest BCUT2D eigenvalue weighted by Gasteiger charge is -2.52. The first-order chi connectivity index (χ1) is 17.0. The molecule has 0 saturated carbocycles. The Morgan fingerprint density at radius 1 is 1.11 bits per heavy atom. The summed E-state index contributed by atoms with van der Waals surface area (Å²) in [4.78, 5) is 13.6. The molecule has 2 fully saturated rings. The zero-order valence-electron chi connectivity index (χ0n) is 22.7. The van der Waals surface area contributed by atoms with Crippen molar-refractivity contribution in [3.8, 4) is 0 Å². The van der Waals surface area contributed by atoms with Crippen LogP contribution in [0.5, 0.6) is 0 Å². The molecule has 10 heteroatoms. The first-order valence-electron chi connectivity index (χ1n) is 13.7. The quantitative estimate of drug-likeness (QED) is 0.181. The predicted octanol–water partition coefficient (Wildman–Crippen LogP) is 1.23. The van der Waals surface area contributed by atoms with Gasteiger partial charge in [-0.3, -0.25) is 9.69 Å². The molecule has 2 saturated heterocycles. The van der Waals surface area contributed by atoms with E-state index < -0.39 is 47.6 Å². The fourth-order valence-corrected chi connectivity index (χ4v) is 6.73. The van der Waals surface area contributed by atoms with Gasteiger partial charge in [0.2, 0.25) is 5.91 Å². The second-order valence-corrected chi connectivity index (χ2v) is 11.8. The van der Waals surface area contributed by atoms with Crippen LogP contribution >= 0.6 is 11.8 Å². The van der Waals surface area contributed by atoms with Gasteiger partial charge in [-0.1, -0.05) is 52.4 Å². The van der Waals surface area contributed by atoms with Gasteiger partial charge in [-0.2, -0.15) is 0 Å². The first-order valence-corrected chi connectivity index (χ1v) is 14.9. The molecular weight excluding hydrogens is 484 g/mol. The van der Waals surface area contributed by atoms with Gasteiger partial charge in [0.1, 0.15) is 24.4 Å². The van der Waals surface area contributed by atoms with Crippen molar-refractivity contribution in [1.82, 2.24) is 10.2 Å². The van der Waals surface area contributed by atoms with Gasteiger partial charge in [0, 0.05) is 6.54 Å². The summed E-state index contributed by atoms with van der Waals surface area (Å²) < 4.78 is 6.20. The van der Waals surface area contributed by atoms with Crippen molar-refractivity contribution in [3.05, 3.63) is 0 Å². The summed E-state index contributed by atoms with van der Waals surface area (Å²) in [5, 5.41) is 57.1. The van der Waals surface area contributed by atoms with Crippen LogP contribution in [-0.2, 0) is 9.53 Å². The smallest absolute Gasteiger partial charge is 0.237 e. The van der Waals surface area contributed by atoms with E-state index in [1.807, 2.05) is 11.9 Å². The molecule has 0 radical (unpaired) electrons. The Bertz CT molecular complexity index is 672. The van der Waals surface area contributed by atoms with Crippen molar-refractivity contribution < 1.29 is 35.1 Å². The second kappa shape index (κ2) is 14.6. The van der Waals surface area contributed by atoms with Crippen LogP contribution in [0.15, 0.2) is 0 Å². The van der Waals surface area contributed by atoms with Crippen LogP contribution in [0, 0.1) is 5.92 Å². The van der Waals surface area contributed by atoms with Crippen molar-refractivity contribution in [2.24, 2.45) is 5.92 Å². The van der Waals surface area contributed by atoms with E-state index in [1.54, 1.807) is 6.26 Å². The number of hydrogen-bond donors (Lipinski definition) is 6. The summed E-state index contributed by atoms with van der Waals surface area (Å²) in [6.07, 6.45) is 1.55. The van der Waals surface area contributed by atoms with Crippen LogP contribution in [0.2, 0.25) is 0 Å². The highest BCUT2D eigenvalue weighted by atomic mass is 32.2. The molecule has 2 heterocycles. The Hall–Kier alpha value is -0.460. The van der Waals surface area contributed by atoms with E-state index in [2.05, 4.69) is 19.2 Å². The topological polar surface area (TPSA) is 143 Å². The molecule has 0 aliphatic carbocycles. The number of hydrogen-bond acceptors (Lipinski definition) is 9. The first kappa shape index (κ1) is 31.8. The standard InChI is InChI=1S/C26H50N2O7S/c1-6-8-9-10-11-13-19(30)26(36-5)24(33)22(32)21(31)23(35-26)20(16(3)29)27-25(34)18-14-17(12-7-2)15-28(18)4/h16-24,29-33H,6-15H2,1-5H3,(H,27,34)/t16-,17-,18+,19-,20-,21-,22+,23-,24-,26-/m1/s1. The number of rotatable bonds is 14. The highest BCUT2D eigenvalue weighted by Crippen LogP contribution is 2.43. The molecule has 0 aromatic heterocycles. The summed E-state index contributed by atoms with van der Waals surface area (Å²) in [6.45, 7) is 6.55. The maximum atomic E-state index is 13.2. The van der Waals surface area contributed by atoms with E-state index in [-0.39, 0.29) is 11.9 Å². The number of aliphatic hydroxyl groups is 5. The number of nitrogens with zero attached hydrogens (tertiary/aromatic N) is 1. The average Bonchev–Trinajstić information content (AvgIpc) is 3.21. The molecule has 10 atom stereocenters. The van der Waals surface area contributed by atoms with Crippen LogP contribution in [0.4, 0.5) is 0 Å². The third kappa shape index (κ3) is 7.34. The molecule has 212 valence electrons. The van der Waals surface area contributed by atoms with E-state index in [0.717, 1.165) is 63.3 Å². The van der Waals surface area contributed by atoms with E-state index in [4.69, 9.17) is 4.74 Å². The summed E-state index contributed by atoms with van der Waals surface area (Å²) >= 11 is 1.07. The molecule has 0 bridgehead atoms. The monoisotopic (exact) mass is 534 g/mol. The Labute approximate surface area is 221 Å². The van der Waals surface area contributed by atoms with Crippen LogP contribution in [0.25, 0.3) is 0 Å². The van der Waals surface area contributed by atoms with E-state index >= 15 is 0 Å². The SMILES string of the molecule is CCCCCCC[C@@H](O)[C@]1(SC)O[C@H]([C@H](NC(=O)[C@@H]2C[C@@H](CCC)CN2C)[C@@H](C)O)[C@H](O)[C@H](O)[C@H]1O. The zero-order valence-corrected chi connectivity index (χ0v) is 23.5. The molecule has 2 aliphatic heterocycles. The Morgan fingerprint density at radius 3 is 2.36 bits per heavy atom. The van der Waals surface area contributed by atoms with Gasteiger partial charge in [-0.05, 0) is 45.4 Å². The number of carbonyl (C=O) groups excluding carboxylic acids is 1. The molecule has 0 aromatic rings. The maximum Gasteiger partial charge on any atom is 0.237 e. The van der Waals surface area contributed by atoms with Gasteiger partial charge in [0.15, 0.2) is 4.93 Å².